The molecule has 92 valence electrons. The van der Waals surface area contributed by atoms with E-state index in [4.69, 9.17) is 11.6 Å². The summed E-state index contributed by atoms with van der Waals surface area (Å²) < 4.78 is 0.903. The van der Waals surface area contributed by atoms with Crippen LogP contribution < -0.4 is 5.32 Å². The van der Waals surface area contributed by atoms with Gasteiger partial charge in [0.05, 0.1) is 4.34 Å². The summed E-state index contributed by atoms with van der Waals surface area (Å²) in [5.41, 5.74) is 0. The zero-order valence-corrected chi connectivity index (χ0v) is 12.0. The fourth-order valence-corrected chi connectivity index (χ4v) is 2.70. The van der Waals surface area contributed by atoms with Crippen LogP contribution in [0.25, 0.3) is 0 Å². The lowest BCUT2D eigenvalue weighted by atomic mass is 10.0. The minimum absolute atomic E-state index is 0.736. The van der Waals surface area contributed by atoms with Crippen LogP contribution in [0.4, 0.5) is 0 Å². The number of halogens is 1. The molecule has 0 aliphatic heterocycles. The van der Waals surface area contributed by atoms with Crippen molar-refractivity contribution < 1.29 is 0 Å². The van der Waals surface area contributed by atoms with Crippen LogP contribution >= 0.6 is 22.9 Å². The van der Waals surface area contributed by atoms with Crippen LogP contribution in [-0.2, 0) is 6.42 Å². The lowest BCUT2D eigenvalue weighted by molar-refractivity contribution is 0.455. The first-order chi connectivity index (χ1) is 7.58. The zero-order chi connectivity index (χ0) is 12.0. The highest BCUT2D eigenvalue weighted by molar-refractivity contribution is 7.16. The summed E-state index contributed by atoms with van der Waals surface area (Å²) in [7, 11) is 0. The van der Waals surface area contributed by atoms with Crippen LogP contribution in [0, 0.1) is 11.8 Å². The van der Waals surface area contributed by atoms with Gasteiger partial charge in [-0.05, 0) is 49.9 Å². The molecule has 0 fully saturated rings. The van der Waals surface area contributed by atoms with E-state index in [1.807, 2.05) is 6.07 Å². The molecular weight excluding hydrogens is 238 g/mol. The number of nitrogens with one attached hydrogen (secondary N) is 1. The normalized spacial score (nSPS) is 13.3. The molecule has 0 aromatic carbocycles. The van der Waals surface area contributed by atoms with E-state index in [1.54, 1.807) is 11.3 Å². The van der Waals surface area contributed by atoms with Crippen molar-refractivity contribution in [2.45, 2.75) is 33.6 Å². The third-order valence-corrected chi connectivity index (χ3v) is 3.85. The molecule has 1 nitrogen and oxygen atoms in total. The van der Waals surface area contributed by atoms with Gasteiger partial charge >= 0.3 is 0 Å². The second-order valence-corrected chi connectivity index (χ2v) is 6.70. The van der Waals surface area contributed by atoms with Gasteiger partial charge in [0.2, 0.25) is 0 Å². The summed E-state index contributed by atoms with van der Waals surface area (Å²) >= 11 is 7.60. The molecule has 1 N–H and O–H groups in total. The SMILES string of the molecule is CC(C)CNCC(C)CCc1ccc(Cl)s1. The Morgan fingerprint density at radius 3 is 2.56 bits per heavy atom. The van der Waals surface area contributed by atoms with Crippen LogP contribution in [0.1, 0.15) is 32.1 Å². The fraction of sp³-hybridized carbons (Fsp3) is 0.692. The van der Waals surface area contributed by atoms with E-state index in [0.717, 1.165) is 35.7 Å². The molecule has 3 heteroatoms. The minimum atomic E-state index is 0.736. The first-order valence-electron chi connectivity index (χ1n) is 6.03. The Labute approximate surface area is 108 Å². The number of hydrogen-bond acceptors (Lipinski definition) is 2. The van der Waals surface area contributed by atoms with Crippen molar-refractivity contribution in [1.29, 1.82) is 0 Å². The molecule has 0 saturated carbocycles. The maximum absolute atomic E-state index is 5.90. The lowest BCUT2D eigenvalue weighted by Gasteiger charge is -2.13. The van der Waals surface area contributed by atoms with E-state index < -0.39 is 0 Å². The van der Waals surface area contributed by atoms with Crippen molar-refractivity contribution in [3.8, 4) is 0 Å². The smallest absolute Gasteiger partial charge is 0.0931 e. The van der Waals surface area contributed by atoms with Crippen LogP contribution in [-0.4, -0.2) is 13.1 Å². The molecule has 1 rings (SSSR count). The van der Waals surface area contributed by atoms with Gasteiger partial charge in [-0.3, -0.25) is 0 Å². The summed E-state index contributed by atoms with van der Waals surface area (Å²) in [4.78, 5) is 1.40. The Hall–Kier alpha value is -0.0500. The fourth-order valence-electron chi connectivity index (χ4n) is 1.60. The Morgan fingerprint density at radius 2 is 2.00 bits per heavy atom. The monoisotopic (exact) mass is 259 g/mol. The molecule has 0 aliphatic carbocycles. The highest BCUT2D eigenvalue weighted by atomic mass is 35.5. The summed E-state index contributed by atoms with van der Waals surface area (Å²) in [6.07, 6.45) is 2.39. The largest absolute Gasteiger partial charge is 0.316 e. The summed E-state index contributed by atoms with van der Waals surface area (Å²) in [6.45, 7) is 9.03. The van der Waals surface area contributed by atoms with E-state index in [1.165, 1.54) is 11.3 Å². The van der Waals surface area contributed by atoms with Gasteiger partial charge in [-0.25, -0.2) is 0 Å². The Balaban J connectivity index is 2.12. The van der Waals surface area contributed by atoms with Gasteiger partial charge in [-0.15, -0.1) is 11.3 Å². The molecule has 0 bridgehead atoms. The molecule has 16 heavy (non-hydrogen) atoms. The third-order valence-electron chi connectivity index (χ3n) is 2.56. The van der Waals surface area contributed by atoms with Crippen molar-refractivity contribution in [2.75, 3.05) is 13.1 Å². The van der Waals surface area contributed by atoms with Crippen molar-refractivity contribution in [2.24, 2.45) is 11.8 Å². The Morgan fingerprint density at radius 1 is 1.25 bits per heavy atom. The first-order valence-corrected chi connectivity index (χ1v) is 7.22. The topological polar surface area (TPSA) is 12.0 Å². The second-order valence-electron chi connectivity index (χ2n) is 4.90. The van der Waals surface area contributed by atoms with Crippen LogP contribution in [0.2, 0.25) is 4.34 Å². The van der Waals surface area contributed by atoms with Gasteiger partial charge in [0.15, 0.2) is 0 Å². The van der Waals surface area contributed by atoms with Gasteiger partial charge in [0.1, 0.15) is 0 Å². The molecule has 1 aromatic rings. The van der Waals surface area contributed by atoms with E-state index in [9.17, 15) is 0 Å². The molecule has 0 radical (unpaired) electrons. The van der Waals surface area contributed by atoms with Gasteiger partial charge in [0.25, 0.3) is 0 Å². The predicted octanol–water partition coefficient (Wildman–Crippen LogP) is 4.22. The number of rotatable bonds is 7. The number of aryl methyl sites for hydroxylation is 1. The van der Waals surface area contributed by atoms with Gasteiger partial charge in [-0.1, -0.05) is 32.4 Å². The quantitative estimate of drug-likeness (QED) is 0.773. The molecule has 0 aliphatic rings. The van der Waals surface area contributed by atoms with Crippen molar-refractivity contribution in [3.05, 3.63) is 21.3 Å². The Bertz CT molecular complexity index is 296. The van der Waals surface area contributed by atoms with Crippen molar-refractivity contribution in [1.82, 2.24) is 5.32 Å². The third kappa shape index (κ3) is 5.88. The lowest BCUT2D eigenvalue weighted by Crippen LogP contribution is -2.25. The molecule has 1 atom stereocenters. The van der Waals surface area contributed by atoms with Crippen LogP contribution in [0.5, 0.6) is 0 Å². The summed E-state index contributed by atoms with van der Waals surface area (Å²) in [5.74, 6) is 1.47. The summed E-state index contributed by atoms with van der Waals surface area (Å²) in [6, 6.07) is 4.13. The van der Waals surface area contributed by atoms with Gasteiger partial charge in [0, 0.05) is 4.88 Å². The number of hydrogen-bond donors (Lipinski definition) is 1. The van der Waals surface area contributed by atoms with E-state index in [-0.39, 0.29) is 0 Å². The summed E-state index contributed by atoms with van der Waals surface area (Å²) in [5, 5.41) is 3.50. The van der Waals surface area contributed by atoms with Crippen LogP contribution in [0.15, 0.2) is 12.1 Å². The number of thiophene rings is 1. The molecular formula is C13H22ClNS. The molecule has 0 saturated heterocycles. The van der Waals surface area contributed by atoms with Gasteiger partial charge in [-0.2, -0.15) is 0 Å². The Kier molecular flexibility index (Phi) is 6.40. The highest BCUT2D eigenvalue weighted by Gasteiger charge is 2.04. The average Bonchev–Trinajstić information content (AvgIpc) is 2.61. The predicted molar refractivity (Wildman–Crippen MR) is 74.5 cm³/mol. The second kappa shape index (κ2) is 7.31. The van der Waals surface area contributed by atoms with E-state index in [0.29, 0.717) is 0 Å². The maximum Gasteiger partial charge on any atom is 0.0931 e. The molecule has 1 aromatic heterocycles. The van der Waals surface area contributed by atoms with Crippen molar-refractivity contribution in [3.63, 3.8) is 0 Å². The van der Waals surface area contributed by atoms with Gasteiger partial charge < -0.3 is 5.32 Å². The molecule has 0 amide bonds. The van der Waals surface area contributed by atoms with E-state index in [2.05, 4.69) is 32.2 Å². The maximum atomic E-state index is 5.90. The molecule has 1 unspecified atom stereocenters. The van der Waals surface area contributed by atoms with E-state index >= 15 is 0 Å². The van der Waals surface area contributed by atoms with Crippen molar-refractivity contribution >= 4 is 22.9 Å². The molecule has 0 spiro atoms. The first kappa shape index (κ1) is 14.0. The molecule has 1 heterocycles. The highest BCUT2D eigenvalue weighted by Crippen LogP contribution is 2.23. The minimum Gasteiger partial charge on any atom is -0.316 e. The van der Waals surface area contributed by atoms with Crippen LogP contribution in [0.3, 0.4) is 0 Å². The average molecular weight is 260 g/mol. The zero-order valence-electron chi connectivity index (χ0n) is 10.4. The standard InChI is InChI=1S/C13H22ClNS/c1-10(2)8-15-9-11(3)4-5-12-6-7-13(14)16-12/h6-7,10-11,15H,4-5,8-9H2,1-3H3.